The van der Waals surface area contributed by atoms with Crippen LogP contribution >= 0.6 is 12.2 Å². The Morgan fingerprint density at radius 3 is 1.79 bits per heavy atom. The monoisotopic (exact) mass is 279 g/mol. The lowest BCUT2D eigenvalue weighted by Crippen LogP contribution is -2.31. The minimum absolute atomic E-state index is 0.306. The summed E-state index contributed by atoms with van der Waals surface area (Å²) >= 11 is 5.23. The van der Waals surface area contributed by atoms with Crippen LogP contribution in [0.1, 0.15) is 62.3 Å². The summed E-state index contributed by atoms with van der Waals surface area (Å²) in [6.07, 6.45) is 7.25. The predicted molar refractivity (Wildman–Crippen MR) is 76.4 cm³/mol. The number of aromatic amines is 1. The maximum Gasteiger partial charge on any atom is 0.222 e. The van der Waals surface area contributed by atoms with Gasteiger partial charge in [0.1, 0.15) is 11.6 Å². The molecule has 1 aromatic rings. The van der Waals surface area contributed by atoms with Crippen molar-refractivity contribution >= 4 is 12.2 Å². The molecule has 1 aromatic heterocycles. The topological polar surface area (TPSA) is 65.6 Å². The molecular weight excluding hydrogens is 258 g/mol. The van der Waals surface area contributed by atoms with Gasteiger partial charge in [-0.2, -0.15) is 0 Å². The molecule has 0 saturated carbocycles. The van der Waals surface area contributed by atoms with E-state index in [1.165, 1.54) is 25.7 Å². The molecule has 5 nitrogen and oxygen atoms in total. The number of nitrogens with zero attached hydrogens (tertiary/aromatic N) is 2. The van der Waals surface area contributed by atoms with Crippen LogP contribution in [0.25, 0.3) is 0 Å². The molecule has 0 spiro atoms. The van der Waals surface area contributed by atoms with Crippen molar-refractivity contribution in [3.8, 4) is 0 Å². The Morgan fingerprint density at radius 1 is 0.842 bits per heavy atom. The van der Waals surface area contributed by atoms with E-state index < -0.39 is 0 Å². The number of hydrogen-bond acceptors (Lipinski definition) is 5. The second kappa shape index (κ2) is 6.07. The minimum atomic E-state index is 0.306. The zero-order valence-electron chi connectivity index (χ0n) is 11.1. The quantitative estimate of drug-likeness (QED) is 0.724. The summed E-state index contributed by atoms with van der Waals surface area (Å²) < 4.78 is 0.462. The molecule has 0 radical (unpaired) electrons. The first-order valence-corrected chi connectivity index (χ1v) is 7.69. The lowest BCUT2D eigenvalue weighted by atomic mass is 10.0. The van der Waals surface area contributed by atoms with Crippen LogP contribution in [0.2, 0.25) is 0 Å². The van der Waals surface area contributed by atoms with E-state index in [9.17, 15) is 0 Å². The molecule has 0 aromatic carbocycles. The number of aromatic nitrogens is 3. The molecule has 2 fully saturated rings. The van der Waals surface area contributed by atoms with Crippen molar-refractivity contribution < 1.29 is 0 Å². The highest BCUT2D eigenvalue weighted by Gasteiger charge is 2.21. The van der Waals surface area contributed by atoms with Gasteiger partial charge >= 0.3 is 0 Å². The third-order valence-electron chi connectivity index (χ3n) is 3.97. The number of hydrogen-bond donors (Lipinski definition) is 3. The number of nitrogens with one attached hydrogen (secondary N) is 3. The van der Waals surface area contributed by atoms with E-state index in [0.29, 0.717) is 16.9 Å². The van der Waals surface area contributed by atoms with Gasteiger partial charge in [0.2, 0.25) is 4.77 Å². The summed E-state index contributed by atoms with van der Waals surface area (Å²) in [7, 11) is 0. The SMILES string of the molecule is S=c1nc(C2CCCCN2)[nH]c(C2CCCCN2)n1. The lowest BCUT2D eigenvalue weighted by Gasteiger charge is -2.25. The molecule has 2 unspecified atom stereocenters. The number of rotatable bonds is 2. The first-order valence-electron chi connectivity index (χ1n) is 7.28. The van der Waals surface area contributed by atoms with Gasteiger partial charge in [-0.05, 0) is 51.0 Å². The summed E-state index contributed by atoms with van der Waals surface area (Å²) in [6, 6.07) is 0.613. The smallest absolute Gasteiger partial charge is 0.222 e. The van der Waals surface area contributed by atoms with Crippen molar-refractivity contribution in [3.05, 3.63) is 16.4 Å². The van der Waals surface area contributed by atoms with Gasteiger partial charge in [-0.3, -0.25) is 0 Å². The van der Waals surface area contributed by atoms with Crippen LogP contribution in [0.5, 0.6) is 0 Å². The fourth-order valence-electron chi connectivity index (χ4n) is 2.92. The van der Waals surface area contributed by atoms with Crippen molar-refractivity contribution in [2.45, 2.75) is 50.6 Å². The van der Waals surface area contributed by atoms with Gasteiger partial charge in [-0.15, -0.1) is 0 Å². The maximum absolute atomic E-state index is 5.23. The van der Waals surface area contributed by atoms with Crippen LogP contribution in [0, 0.1) is 4.77 Å². The second-order valence-corrected chi connectivity index (χ2v) is 5.77. The van der Waals surface area contributed by atoms with Crippen LogP contribution in [-0.4, -0.2) is 28.0 Å². The molecule has 2 aliphatic rings. The van der Waals surface area contributed by atoms with E-state index in [1.54, 1.807) is 0 Å². The Kier molecular flexibility index (Phi) is 4.20. The Morgan fingerprint density at radius 2 is 1.37 bits per heavy atom. The Bertz CT molecular complexity index is 435. The maximum atomic E-state index is 5.23. The van der Waals surface area contributed by atoms with Crippen molar-refractivity contribution in [2.75, 3.05) is 13.1 Å². The molecule has 0 bridgehead atoms. The summed E-state index contributed by atoms with van der Waals surface area (Å²) in [6.45, 7) is 2.12. The molecule has 3 N–H and O–H groups in total. The highest BCUT2D eigenvalue weighted by atomic mass is 32.1. The molecule has 104 valence electrons. The van der Waals surface area contributed by atoms with Crippen LogP contribution in [-0.2, 0) is 0 Å². The third-order valence-corrected chi connectivity index (χ3v) is 4.15. The van der Waals surface area contributed by atoms with E-state index in [4.69, 9.17) is 12.2 Å². The van der Waals surface area contributed by atoms with Gasteiger partial charge in [0.25, 0.3) is 0 Å². The van der Waals surface area contributed by atoms with Gasteiger partial charge < -0.3 is 15.6 Å². The molecule has 2 saturated heterocycles. The largest absolute Gasteiger partial charge is 0.329 e. The highest BCUT2D eigenvalue weighted by molar-refractivity contribution is 7.71. The molecule has 2 aliphatic heterocycles. The van der Waals surface area contributed by atoms with E-state index >= 15 is 0 Å². The Labute approximate surface area is 118 Å². The summed E-state index contributed by atoms with van der Waals surface area (Å²) in [5.74, 6) is 1.92. The average molecular weight is 279 g/mol. The first-order chi connectivity index (χ1) is 9.33. The van der Waals surface area contributed by atoms with Crippen LogP contribution in [0.15, 0.2) is 0 Å². The lowest BCUT2D eigenvalue weighted by molar-refractivity contribution is 0.376. The molecule has 3 heterocycles. The van der Waals surface area contributed by atoms with Gasteiger partial charge in [0.05, 0.1) is 12.1 Å². The van der Waals surface area contributed by atoms with E-state index in [0.717, 1.165) is 37.6 Å². The minimum Gasteiger partial charge on any atom is -0.329 e. The van der Waals surface area contributed by atoms with E-state index in [2.05, 4.69) is 25.6 Å². The molecule has 2 atom stereocenters. The predicted octanol–water partition coefficient (Wildman–Crippen LogP) is 2.16. The molecular formula is C13H21N5S. The van der Waals surface area contributed by atoms with Crippen molar-refractivity contribution in [1.29, 1.82) is 0 Å². The average Bonchev–Trinajstić information content (AvgIpc) is 2.48. The summed E-state index contributed by atoms with van der Waals surface area (Å²) in [5, 5.41) is 7.01. The van der Waals surface area contributed by atoms with Crippen molar-refractivity contribution in [3.63, 3.8) is 0 Å². The Balaban J connectivity index is 1.84. The normalized spacial score (nSPS) is 28.2. The zero-order valence-corrected chi connectivity index (χ0v) is 11.9. The fraction of sp³-hybridized carbons (Fsp3) is 0.769. The van der Waals surface area contributed by atoms with Gasteiger partial charge in [-0.1, -0.05) is 12.8 Å². The summed E-state index contributed by atoms with van der Waals surface area (Å²) in [4.78, 5) is 12.2. The summed E-state index contributed by atoms with van der Waals surface area (Å²) in [5.41, 5.74) is 0. The number of H-pyrrole nitrogens is 1. The molecule has 3 rings (SSSR count). The van der Waals surface area contributed by atoms with Gasteiger partial charge in [0, 0.05) is 0 Å². The van der Waals surface area contributed by atoms with E-state index in [-0.39, 0.29) is 0 Å². The van der Waals surface area contributed by atoms with E-state index in [1.807, 2.05) is 0 Å². The highest BCUT2D eigenvalue weighted by Crippen LogP contribution is 2.23. The second-order valence-electron chi connectivity index (χ2n) is 5.41. The first kappa shape index (κ1) is 13.1. The number of piperidine rings is 2. The van der Waals surface area contributed by atoms with Crippen LogP contribution in [0.4, 0.5) is 0 Å². The van der Waals surface area contributed by atoms with Gasteiger partial charge in [0.15, 0.2) is 0 Å². The standard InChI is InChI=1S/C13H21N5S/c19-13-17-11(9-5-1-3-7-14-9)16-12(18-13)10-6-2-4-8-15-10/h9-10,14-15H,1-8H2,(H,16,17,18,19). The molecule has 0 aliphatic carbocycles. The molecule has 6 heteroatoms. The van der Waals surface area contributed by atoms with Crippen molar-refractivity contribution in [2.24, 2.45) is 0 Å². The molecule has 19 heavy (non-hydrogen) atoms. The fourth-order valence-corrected chi connectivity index (χ4v) is 3.12. The Hall–Kier alpha value is -0.850. The van der Waals surface area contributed by atoms with Crippen LogP contribution < -0.4 is 10.6 Å². The molecule has 0 amide bonds. The third kappa shape index (κ3) is 3.19. The van der Waals surface area contributed by atoms with Crippen molar-refractivity contribution in [1.82, 2.24) is 25.6 Å². The van der Waals surface area contributed by atoms with Gasteiger partial charge in [-0.25, -0.2) is 9.97 Å². The van der Waals surface area contributed by atoms with Crippen LogP contribution in [0.3, 0.4) is 0 Å². The zero-order chi connectivity index (χ0) is 13.1.